The van der Waals surface area contributed by atoms with Gasteiger partial charge in [0.2, 0.25) is 4.80 Å². The summed E-state index contributed by atoms with van der Waals surface area (Å²) in [6.07, 6.45) is 1.41. The predicted octanol–water partition coefficient (Wildman–Crippen LogP) is 2.96. The molecule has 6 nitrogen and oxygen atoms in total. The molecule has 27 heavy (non-hydrogen) atoms. The molecule has 0 bridgehead atoms. The number of aromatic hydroxyl groups is 1. The Labute approximate surface area is 158 Å². The van der Waals surface area contributed by atoms with Gasteiger partial charge in [0.25, 0.3) is 5.91 Å². The smallest absolute Gasteiger partial charge is 0.252 e. The lowest BCUT2D eigenvalue weighted by atomic mass is 10.1. The van der Waals surface area contributed by atoms with Crippen LogP contribution >= 0.6 is 11.3 Å². The van der Waals surface area contributed by atoms with E-state index in [4.69, 9.17) is 5.73 Å². The number of hydrogen-bond donors (Lipinski definition) is 2. The highest BCUT2D eigenvalue weighted by Crippen LogP contribution is 2.26. The molecular weight excluding hydrogens is 367 g/mol. The molecule has 1 heterocycles. The van der Waals surface area contributed by atoms with E-state index in [1.165, 1.54) is 35.8 Å². The quantitative estimate of drug-likeness (QED) is 0.662. The number of primary amides is 1. The number of phenols is 1. The van der Waals surface area contributed by atoms with Crippen molar-refractivity contribution in [3.63, 3.8) is 0 Å². The van der Waals surface area contributed by atoms with Crippen LogP contribution in [-0.2, 0) is 0 Å². The maximum atomic E-state index is 13.9. The van der Waals surface area contributed by atoms with Crippen molar-refractivity contribution in [1.29, 1.82) is 0 Å². The fourth-order valence-corrected chi connectivity index (χ4v) is 3.35. The zero-order valence-electron chi connectivity index (χ0n) is 14.5. The van der Waals surface area contributed by atoms with Crippen molar-refractivity contribution in [3.8, 4) is 17.0 Å². The summed E-state index contributed by atoms with van der Waals surface area (Å²) in [5, 5.41) is 16.0. The lowest BCUT2D eigenvalue weighted by Crippen LogP contribution is -2.13. The van der Waals surface area contributed by atoms with Crippen LogP contribution in [0.15, 0.2) is 57.9 Å². The number of nitrogens with two attached hydrogens (primary N) is 1. The summed E-state index contributed by atoms with van der Waals surface area (Å²) >= 11 is 1.36. The summed E-state index contributed by atoms with van der Waals surface area (Å²) in [6, 6.07) is 10.8. The van der Waals surface area contributed by atoms with Gasteiger partial charge in [0, 0.05) is 23.1 Å². The molecule has 0 saturated heterocycles. The van der Waals surface area contributed by atoms with Crippen LogP contribution in [0.5, 0.6) is 5.75 Å². The van der Waals surface area contributed by atoms with Crippen LogP contribution in [0, 0.1) is 5.82 Å². The number of nitrogens with zero attached hydrogens (tertiary/aromatic N) is 3. The number of hydrogen-bond acceptors (Lipinski definition) is 5. The highest BCUT2D eigenvalue weighted by atomic mass is 32.1. The highest BCUT2D eigenvalue weighted by Gasteiger charge is 2.13. The molecule has 2 aromatic carbocycles. The Hall–Kier alpha value is -3.26. The number of amides is 1. The molecule has 0 aliphatic carbocycles. The number of halogens is 1. The molecule has 0 aliphatic rings. The molecule has 0 unspecified atom stereocenters. The molecule has 0 fully saturated rings. The Morgan fingerprint density at radius 1 is 1.33 bits per heavy atom. The van der Waals surface area contributed by atoms with Crippen molar-refractivity contribution in [2.75, 3.05) is 6.54 Å². The lowest BCUT2D eigenvalue weighted by Gasteiger charge is -2.06. The Morgan fingerprint density at radius 2 is 2.11 bits per heavy atom. The van der Waals surface area contributed by atoms with Gasteiger partial charge >= 0.3 is 0 Å². The molecule has 0 radical (unpaired) electrons. The Kier molecular flexibility index (Phi) is 5.46. The summed E-state index contributed by atoms with van der Waals surface area (Å²) in [7, 11) is 0. The first-order valence-electron chi connectivity index (χ1n) is 8.14. The SMILES string of the molecule is CCN=c1scc(-c2ccc(O)c(C(N)=O)c2)n1/N=C/c1ccccc1F. The third-order valence-electron chi connectivity index (χ3n) is 3.75. The highest BCUT2D eigenvalue weighted by molar-refractivity contribution is 7.07. The predicted molar refractivity (Wildman–Crippen MR) is 103 cm³/mol. The van der Waals surface area contributed by atoms with E-state index in [9.17, 15) is 14.3 Å². The van der Waals surface area contributed by atoms with Crippen LogP contribution in [0.3, 0.4) is 0 Å². The number of aromatic nitrogens is 1. The summed E-state index contributed by atoms with van der Waals surface area (Å²) in [5.74, 6) is -1.31. The van der Waals surface area contributed by atoms with Crippen LogP contribution in [0.4, 0.5) is 4.39 Å². The van der Waals surface area contributed by atoms with Gasteiger partial charge in [0.05, 0.1) is 17.5 Å². The van der Waals surface area contributed by atoms with Crippen LogP contribution in [0.25, 0.3) is 11.3 Å². The van der Waals surface area contributed by atoms with Crippen LogP contribution in [-0.4, -0.2) is 28.4 Å². The number of thiazole rings is 1. The third-order valence-corrected chi connectivity index (χ3v) is 4.61. The minimum absolute atomic E-state index is 0.0114. The number of carbonyl (C=O) groups is 1. The van der Waals surface area contributed by atoms with Gasteiger partial charge in [0.1, 0.15) is 11.6 Å². The monoisotopic (exact) mass is 384 g/mol. The Bertz CT molecular complexity index is 1090. The van der Waals surface area contributed by atoms with Crippen molar-refractivity contribution >= 4 is 23.5 Å². The maximum absolute atomic E-state index is 13.9. The maximum Gasteiger partial charge on any atom is 0.252 e. The largest absolute Gasteiger partial charge is 0.507 e. The van der Waals surface area contributed by atoms with Gasteiger partial charge in [-0.1, -0.05) is 18.2 Å². The Balaban J connectivity index is 2.13. The normalized spacial score (nSPS) is 12.0. The van der Waals surface area contributed by atoms with Crippen molar-refractivity contribution in [1.82, 2.24) is 4.68 Å². The molecule has 0 saturated carbocycles. The van der Waals surface area contributed by atoms with Crippen molar-refractivity contribution in [2.24, 2.45) is 15.8 Å². The topological polar surface area (TPSA) is 93.0 Å². The summed E-state index contributed by atoms with van der Waals surface area (Å²) in [6.45, 7) is 2.45. The molecule has 3 aromatic rings. The Morgan fingerprint density at radius 3 is 2.81 bits per heavy atom. The average Bonchev–Trinajstić information content (AvgIpc) is 3.04. The molecule has 0 aliphatic heterocycles. The molecule has 1 amide bonds. The van der Waals surface area contributed by atoms with E-state index >= 15 is 0 Å². The van der Waals surface area contributed by atoms with E-state index in [1.807, 2.05) is 12.3 Å². The average molecular weight is 384 g/mol. The van der Waals surface area contributed by atoms with Crippen LogP contribution in [0.2, 0.25) is 0 Å². The number of benzene rings is 2. The molecule has 0 spiro atoms. The molecule has 138 valence electrons. The van der Waals surface area contributed by atoms with Gasteiger partial charge in [0.15, 0.2) is 0 Å². The molecule has 8 heteroatoms. The molecule has 3 N–H and O–H groups in total. The first-order chi connectivity index (χ1) is 13.0. The van der Waals surface area contributed by atoms with Gasteiger partial charge in [-0.05, 0) is 31.2 Å². The van der Waals surface area contributed by atoms with E-state index in [0.29, 0.717) is 28.2 Å². The first-order valence-corrected chi connectivity index (χ1v) is 9.02. The van der Waals surface area contributed by atoms with E-state index in [0.717, 1.165) is 0 Å². The zero-order chi connectivity index (χ0) is 19.4. The van der Waals surface area contributed by atoms with E-state index in [1.54, 1.807) is 28.9 Å². The van der Waals surface area contributed by atoms with E-state index in [-0.39, 0.29) is 17.1 Å². The van der Waals surface area contributed by atoms with Crippen molar-refractivity contribution < 1.29 is 14.3 Å². The van der Waals surface area contributed by atoms with Crippen LogP contribution < -0.4 is 10.5 Å². The summed E-state index contributed by atoms with van der Waals surface area (Å²) < 4.78 is 15.4. The minimum Gasteiger partial charge on any atom is -0.507 e. The summed E-state index contributed by atoms with van der Waals surface area (Å²) in [5.41, 5.74) is 6.93. The minimum atomic E-state index is -0.732. The first kappa shape index (κ1) is 18.5. The van der Waals surface area contributed by atoms with Gasteiger partial charge in [-0.15, -0.1) is 11.3 Å². The van der Waals surface area contributed by atoms with E-state index in [2.05, 4.69) is 10.1 Å². The van der Waals surface area contributed by atoms with Gasteiger partial charge in [-0.2, -0.15) is 5.10 Å². The molecule has 1 aromatic heterocycles. The van der Waals surface area contributed by atoms with Gasteiger partial charge in [-0.3, -0.25) is 9.79 Å². The van der Waals surface area contributed by atoms with Gasteiger partial charge < -0.3 is 10.8 Å². The fourth-order valence-electron chi connectivity index (χ4n) is 2.45. The van der Waals surface area contributed by atoms with Crippen LogP contribution in [0.1, 0.15) is 22.8 Å². The number of carbonyl (C=O) groups excluding carboxylic acids is 1. The second kappa shape index (κ2) is 7.96. The number of rotatable bonds is 5. The molecular formula is C19H17FN4O2S. The second-order valence-corrected chi connectivity index (χ2v) is 6.39. The lowest BCUT2D eigenvalue weighted by molar-refractivity contribution is 0.0998. The standard InChI is InChI=1S/C19H17FN4O2S/c1-2-22-19-24(23-10-13-5-3-4-6-15(13)20)16(11-27-19)12-7-8-17(25)14(9-12)18(21)26/h3-11,25H,2H2,1H3,(H2,21,26)/b22-19?,23-10+. The summed E-state index contributed by atoms with van der Waals surface area (Å²) in [4.78, 5) is 16.5. The van der Waals surface area contributed by atoms with E-state index < -0.39 is 5.91 Å². The zero-order valence-corrected chi connectivity index (χ0v) is 15.3. The molecule has 0 atom stereocenters. The second-order valence-electron chi connectivity index (χ2n) is 5.55. The molecule has 3 rings (SSSR count). The van der Waals surface area contributed by atoms with Crippen molar-refractivity contribution in [3.05, 3.63) is 69.6 Å². The van der Waals surface area contributed by atoms with Gasteiger partial charge in [-0.25, -0.2) is 9.07 Å². The van der Waals surface area contributed by atoms with Crippen molar-refractivity contribution in [2.45, 2.75) is 6.92 Å². The fraction of sp³-hybridized carbons (Fsp3) is 0.105. The third kappa shape index (κ3) is 3.95.